The Morgan fingerprint density at radius 3 is 2.27 bits per heavy atom. The lowest BCUT2D eigenvalue weighted by atomic mass is 9.94. The van der Waals surface area contributed by atoms with Gasteiger partial charge in [0.1, 0.15) is 5.76 Å². The predicted molar refractivity (Wildman–Crippen MR) is 104 cm³/mol. The average molecular weight is 347 g/mol. The summed E-state index contributed by atoms with van der Waals surface area (Å²) in [6.45, 7) is 3.24. The van der Waals surface area contributed by atoms with Crippen molar-refractivity contribution in [1.82, 2.24) is 4.90 Å². The summed E-state index contributed by atoms with van der Waals surface area (Å²) in [6.07, 6.45) is 3.27. The highest BCUT2D eigenvalue weighted by molar-refractivity contribution is 5.83. The van der Waals surface area contributed by atoms with E-state index in [1.165, 1.54) is 5.56 Å². The van der Waals surface area contributed by atoms with Crippen molar-refractivity contribution in [3.05, 3.63) is 95.9 Å². The summed E-state index contributed by atoms with van der Waals surface area (Å²) in [7, 11) is 0. The van der Waals surface area contributed by atoms with Gasteiger partial charge in [0.2, 0.25) is 5.91 Å². The minimum atomic E-state index is -0.123. The highest BCUT2D eigenvalue weighted by Crippen LogP contribution is 2.23. The minimum Gasteiger partial charge on any atom is -0.467 e. The molecule has 0 fully saturated rings. The van der Waals surface area contributed by atoms with Crippen LogP contribution in [0.2, 0.25) is 0 Å². The lowest BCUT2D eigenvalue weighted by Gasteiger charge is -2.26. The summed E-state index contributed by atoms with van der Waals surface area (Å²) in [6, 6.07) is 24.1. The number of furan rings is 1. The number of hydrogen-bond acceptors (Lipinski definition) is 2. The van der Waals surface area contributed by atoms with Crippen molar-refractivity contribution in [3.63, 3.8) is 0 Å². The Bertz CT molecular complexity index is 782. The quantitative estimate of drug-likeness (QED) is 0.572. The first-order valence-electron chi connectivity index (χ1n) is 9.18. The molecule has 1 heterocycles. The van der Waals surface area contributed by atoms with E-state index < -0.39 is 0 Å². The summed E-state index contributed by atoms with van der Waals surface area (Å²) in [5, 5.41) is 0. The normalized spacial score (nSPS) is 11.9. The Morgan fingerprint density at radius 2 is 1.65 bits per heavy atom. The standard InChI is InChI=1S/C23H25NO2/c1-2-22(20-12-7-4-8-13-20)23(25)24(18-21-14-9-17-26-21)16-15-19-10-5-3-6-11-19/h3-14,17,22H,2,15-16,18H2,1H3/t22-/m1/s1. The molecule has 1 atom stereocenters. The SMILES string of the molecule is CC[C@@H](C(=O)N(CCc1ccccc1)Cc1ccco1)c1ccccc1. The van der Waals surface area contributed by atoms with Crippen molar-refractivity contribution in [1.29, 1.82) is 0 Å². The number of rotatable bonds is 8. The molecule has 0 aliphatic heterocycles. The summed E-state index contributed by atoms with van der Waals surface area (Å²) in [5.74, 6) is 0.849. The van der Waals surface area contributed by atoms with E-state index in [0.29, 0.717) is 13.1 Å². The van der Waals surface area contributed by atoms with E-state index in [2.05, 4.69) is 19.1 Å². The van der Waals surface area contributed by atoms with Crippen molar-refractivity contribution in [2.45, 2.75) is 32.2 Å². The molecule has 3 heteroatoms. The Morgan fingerprint density at radius 1 is 0.962 bits per heavy atom. The highest BCUT2D eigenvalue weighted by atomic mass is 16.3. The summed E-state index contributed by atoms with van der Waals surface area (Å²) >= 11 is 0. The second-order valence-electron chi connectivity index (χ2n) is 6.45. The van der Waals surface area contributed by atoms with Gasteiger partial charge in [0.25, 0.3) is 0 Å². The Hall–Kier alpha value is -2.81. The molecule has 3 nitrogen and oxygen atoms in total. The van der Waals surface area contributed by atoms with E-state index in [4.69, 9.17) is 4.42 Å². The molecule has 3 aromatic rings. The maximum absolute atomic E-state index is 13.3. The van der Waals surface area contributed by atoms with Gasteiger partial charge >= 0.3 is 0 Å². The maximum Gasteiger partial charge on any atom is 0.230 e. The molecule has 0 spiro atoms. The van der Waals surface area contributed by atoms with Crippen LogP contribution in [0, 0.1) is 0 Å². The van der Waals surface area contributed by atoms with E-state index in [9.17, 15) is 4.79 Å². The van der Waals surface area contributed by atoms with E-state index in [-0.39, 0.29) is 11.8 Å². The molecule has 0 saturated heterocycles. The van der Waals surface area contributed by atoms with Gasteiger partial charge in [-0.1, -0.05) is 67.6 Å². The van der Waals surface area contributed by atoms with E-state index in [1.807, 2.05) is 65.6 Å². The smallest absolute Gasteiger partial charge is 0.230 e. The molecule has 0 aliphatic rings. The lowest BCUT2D eigenvalue weighted by molar-refractivity contribution is -0.133. The second-order valence-corrected chi connectivity index (χ2v) is 6.45. The molecule has 26 heavy (non-hydrogen) atoms. The van der Waals surface area contributed by atoms with Crippen molar-refractivity contribution >= 4 is 5.91 Å². The van der Waals surface area contributed by atoms with Crippen LogP contribution in [0.5, 0.6) is 0 Å². The Balaban J connectivity index is 1.77. The Labute approximate surface area is 155 Å². The van der Waals surface area contributed by atoms with Crippen LogP contribution >= 0.6 is 0 Å². The number of nitrogens with zero attached hydrogens (tertiary/aromatic N) is 1. The molecule has 1 amide bonds. The van der Waals surface area contributed by atoms with Crippen LogP contribution in [-0.2, 0) is 17.8 Å². The molecule has 0 N–H and O–H groups in total. The zero-order valence-corrected chi connectivity index (χ0v) is 15.2. The zero-order valence-electron chi connectivity index (χ0n) is 15.2. The molecule has 0 bridgehead atoms. The van der Waals surface area contributed by atoms with Gasteiger partial charge in [-0.3, -0.25) is 4.79 Å². The van der Waals surface area contributed by atoms with Gasteiger partial charge in [0.15, 0.2) is 0 Å². The van der Waals surface area contributed by atoms with Crippen LogP contribution in [0.4, 0.5) is 0 Å². The minimum absolute atomic E-state index is 0.123. The number of benzene rings is 2. The molecule has 2 aromatic carbocycles. The largest absolute Gasteiger partial charge is 0.467 e. The highest BCUT2D eigenvalue weighted by Gasteiger charge is 2.25. The summed E-state index contributed by atoms with van der Waals surface area (Å²) in [5.41, 5.74) is 2.31. The molecular weight excluding hydrogens is 322 g/mol. The van der Waals surface area contributed by atoms with Gasteiger partial charge in [-0.2, -0.15) is 0 Å². The first-order valence-corrected chi connectivity index (χ1v) is 9.18. The molecule has 0 saturated carbocycles. The average Bonchev–Trinajstić information content (AvgIpc) is 3.20. The molecule has 134 valence electrons. The fraction of sp³-hybridized carbons (Fsp3) is 0.261. The van der Waals surface area contributed by atoms with Crippen LogP contribution < -0.4 is 0 Å². The Kier molecular flexibility index (Phi) is 6.26. The van der Waals surface area contributed by atoms with Gasteiger partial charge in [0.05, 0.1) is 18.7 Å². The van der Waals surface area contributed by atoms with Crippen LogP contribution in [0.15, 0.2) is 83.5 Å². The van der Waals surface area contributed by atoms with Crippen LogP contribution in [0.25, 0.3) is 0 Å². The molecule has 0 aliphatic carbocycles. The summed E-state index contributed by atoms with van der Waals surface area (Å²) in [4.78, 5) is 15.2. The monoisotopic (exact) mass is 347 g/mol. The van der Waals surface area contributed by atoms with Crippen LogP contribution in [0.1, 0.15) is 36.1 Å². The van der Waals surface area contributed by atoms with Gasteiger partial charge in [-0.15, -0.1) is 0 Å². The van der Waals surface area contributed by atoms with Crippen molar-refractivity contribution in [2.75, 3.05) is 6.54 Å². The first-order chi connectivity index (χ1) is 12.8. The third kappa shape index (κ3) is 4.63. The predicted octanol–water partition coefficient (Wildman–Crippen LogP) is 5.04. The van der Waals surface area contributed by atoms with E-state index in [1.54, 1.807) is 6.26 Å². The van der Waals surface area contributed by atoms with E-state index in [0.717, 1.165) is 24.2 Å². The fourth-order valence-corrected chi connectivity index (χ4v) is 3.23. The van der Waals surface area contributed by atoms with Gasteiger partial charge < -0.3 is 9.32 Å². The van der Waals surface area contributed by atoms with Crippen molar-refractivity contribution in [2.24, 2.45) is 0 Å². The van der Waals surface area contributed by atoms with Crippen LogP contribution in [0.3, 0.4) is 0 Å². The number of carbonyl (C=O) groups is 1. The number of hydrogen-bond donors (Lipinski definition) is 0. The maximum atomic E-state index is 13.3. The molecule has 3 rings (SSSR count). The van der Waals surface area contributed by atoms with Crippen molar-refractivity contribution in [3.8, 4) is 0 Å². The van der Waals surface area contributed by atoms with Crippen molar-refractivity contribution < 1.29 is 9.21 Å². The second kappa shape index (κ2) is 9.04. The third-order valence-electron chi connectivity index (χ3n) is 4.66. The molecule has 1 aromatic heterocycles. The topological polar surface area (TPSA) is 33.5 Å². The third-order valence-corrected chi connectivity index (χ3v) is 4.66. The summed E-state index contributed by atoms with van der Waals surface area (Å²) < 4.78 is 5.49. The van der Waals surface area contributed by atoms with Gasteiger partial charge in [0, 0.05) is 6.54 Å². The van der Waals surface area contributed by atoms with Gasteiger partial charge in [-0.25, -0.2) is 0 Å². The van der Waals surface area contributed by atoms with Gasteiger partial charge in [-0.05, 0) is 36.1 Å². The fourth-order valence-electron chi connectivity index (χ4n) is 3.23. The number of carbonyl (C=O) groups excluding carboxylic acids is 1. The molecular formula is C23H25NO2. The first kappa shape index (κ1) is 18.0. The molecule has 0 radical (unpaired) electrons. The zero-order chi connectivity index (χ0) is 18.2. The molecule has 0 unspecified atom stereocenters. The van der Waals surface area contributed by atoms with E-state index >= 15 is 0 Å². The number of amides is 1. The lowest BCUT2D eigenvalue weighted by Crippen LogP contribution is -2.36. The van der Waals surface area contributed by atoms with Crippen LogP contribution in [-0.4, -0.2) is 17.4 Å².